The topological polar surface area (TPSA) is 91.5 Å². The summed E-state index contributed by atoms with van der Waals surface area (Å²) in [5, 5.41) is 0. The Morgan fingerprint density at radius 3 is 3.06 bits per heavy atom. The third kappa shape index (κ3) is 2.35. The van der Waals surface area contributed by atoms with Gasteiger partial charge in [0.2, 0.25) is 6.10 Å². The molecular formula is C11H12N2O4. The van der Waals surface area contributed by atoms with E-state index in [1.54, 1.807) is 6.92 Å². The van der Waals surface area contributed by atoms with Crippen LogP contribution in [0.25, 0.3) is 0 Å². The lowest BCUT2D eigenvalue weighted by molar-refractivity contribution is -0.145. The van der Waals surface area contributed by atoms with Crippen molar-refractivity contribution in [3.63, 3.8) is 0 Å². The summed E-state index contributed by atoms with van der Waals surface area (Å²) in [7, 11) is 0. The van der Waals surface area contributed by atoms with Crippen LogP contribution < -0.4 is 5.73 Å². The van der Waals surface area contributed by atoms with Crippen molar-refractivity contribution < 1.29 is 19.1 Å². The first-order chi connectivity index (χ1) is 8.08. The number of carbonyl (C=O) groups excluding carboxylic acids is 2. The summed E-state index contributed by atoms with van der Waals surface area (Å²) in [6.45, 7) is 1.95. The Hall–Kier alpha value is -2.11. The molecule has 0 aromatic carbocycles. The second-order valence-electron chi connectivity index (χ2n) is 3.75. The molecule has 2 rings (SSSR count). The molecule has 1 aromatic rings. The summed E-state index contributed by atoms with van der Waals surface area (Å²) < 4.78 is 9.74. The average molecular weight is 236 g/mol. The van der Waals surface area contributed by atoms with Gasteiger partial charge >= 0.3 is 11.9 Å². The number of hydrogen-bond acceptors (Lipinski definition) is 6. The molecule has 1 atom stereocenters. The number of aromatic nitrogens is 1. The fourth-order valence-electron chi connectivity index (χ4n) is 1.53. The number of nitrogen functional groups attached to an aromatic ring is 1. The first-order valence-corrected chi connectivity index (χ1v) is 5.17. The molecule has 6 nitrogen and oxygen atoms in total. The minimum atomic E-state index is -0.816. The number of ether oxygens (including phenoxy) is 2. The Morgan fingerprint density at radius 1 is 1.65 bits per heavy atom. The zero-order valence-electron chi connectivity index (χ0n) is 9.30. The fourth-order valence-corrected chi connectivity index (χ4v) is 1.53. The fraction of sp³-hybridized carbons (Fsp3) is 0.364. The van der Waals surface area contributed by atoms with Gasteiger partial charge in [0.1, 0.15) is 0 Å². The van der Waals surface area contributed by atoms with Crippen molar-refractivity contribution in [3.8, 4) is 0 Å². The maximum Gasteiger partial charge on any atom is 0.347 e. The Morgan fingerprint density at radius 2 is 2.41 bits per heavy atom. The summed E-state index contributed by atoms with van der Waals surface area (Å²) in [6, 6.07) is 1.48. The van der Waals surface area contributed by atoms with Crippen LogP contribution >= 0.6 is 0 Å². The normalized spacial score (nSPS) is 18.9. The van der Waals surface area contributed by atoms with Crippen LogP contribution in [0.2, 0.25) is 0 Å². The van der Waals surface area contributed by atoms with Crippen molar-refractivity contribution in [2.75, 3.05) is 12.3 Å². The lowest BCUT2D eigenvalue weighted by Gasteiger charge is -2.09. The third-order valence-electron chi connectivity index (χ3n) is 2.46. The molecule has 0 radical (unpaired) electrons. The number of nitrogens with zero attached hydrogens (tertiary/aromatic N) is 1. The maximum atomic E-state index is 11.8. The summed E-state index contributed by atoms with van der Waals surface area (Å²) in [5.41, 5.74) is 6.69. The smallest absolute Gasteiger partial charge is 0.347 e. The molecule has 0 spiro atoms. The Kier molecular flexibility index (Phi) is 2.95. The van der Waals surface area contributed by atoms with E-state index in [9.17, 15) is 9.59 Å². The van der Waals surface area contributed by atoms with Crippen LogP contribution in [-0.2, 0) is 14.3 Å². The number of anilines is 1. The van der Waals surface area contributed by atoms with Crippen LogP contribution in [-0.4, -0.2) is 29.6 Å². The van der Waals surface area contributed by atoms with Gasteiger partial charge in [-0.2, -0.15) is 0 Å². The van der Waals surface area contributed by atoms with E-state index < -0.39 is 18.0 Å². The third-order valence-corrected chi connectivity index (χ3v) is 2.46. The van der Waals surface area contributed by atoms with Crippen molar-refractivity contribution in [1.29, 1.82) is 0 Å². The molecule has 0 amide bonds. The Bertz CT molecular complexity index is 473. The molecule has 17 heavy (non-hydrogen) atoms. The minimum absolute atomic E-state index is 0.268. The van der Waals surface area contributed by atoms with E-state index in [-0.39, 0.29) is 12.2 Å². The van der Waals surface area contributed by atoms with Gasteiger partial charge < -0.3 is 15.2 Å². The molecule has 1 aliphatic heterocycles. The molecule has 0 saturated carbocycles. The lowest BCUT2D eigenvalue weighted by atomic mass is 10.2. The van der Waals surface area contributed by atoms with Crippen LogP contribution in [0.15, 0.2) is 12.3 Å². The largest absolute Gasteiger partial charge is 0.463 e. The average Bonchev–Trinajstić information content (AvgIpc) is 2.68. The highest BCUT2D eigenvalue weighted by molar-refractivity contribution is 5.93. The van der Waals surface area contributed by atoms with Gasteiger partial charge in [0.25, 0.3) is 0 Å². The summed E-state index contributed by atoms with van der Waals surface area (Å²) in [5.74, 6) is -1.11. The Labute approximate surface area is 97.7 Å². The summed E-state index contributed by atoms with van der Waals surface area (Å²) >= 11 is 0. The number of hydrogen-bond donors (Lipinski definition) is 1. The van der Waals surface area contributed by atoms with Crippen molar-refractivity contribution in [2.24, 2.45) is 0 Å². The monoisotopic (exact) mass is 236 g/mol. The number of rotatable bonds is 2. The van der Waals surface area contributed by atoms with Gasteiger partial charge in [-0.3, -0.25) is 4.98 Å². The quantitative estimate of drug-likeness (QED) is 0.749. The second kappa shape index (κ2) is 4.40. The second-order valence-corrected chi connectivity index (χ2v) is 3.75. The van der Waals surface area contributed by atoms with E-state index in [0.717, 1.165) is 0 Å². The van der Waals surface area contributed by atoms with Crippen molar-refractivity contribution in [3.05, 3.63) is 23.5 Å². The lowest BCUT2D eigenvalue weighted by Crippen LogP contribution is -2.23. The van der Waals surface area contributed by atoms with Crippen LogP contribution in [0.4, 0.5) is 5.69 Å². The highest BCUT2D eigenvalue weighted by Gasteiger charge is 2.31. The van der Waals surface area contributed by atoms with E-state index in [1.165, 1.54) is 12.3 Å². The SMILES string of the molecule is Cc1ncc(N)cc1C(=O)OC1CCOC1=O. The number of cyclic esters (lactones) is 1. The van der Waals surface area contributed by atoms with Gasteiger partial charge in [-0.25, -0.2) is 9.59 Å². The summed E-state index contributed by atoms with van der Waals surface area (Å²) in [6.07, 6.45) is 1.03. The van der Waals surface area contributed by atoms with Crippen LogP contribution in [0.5, 0.6) is 0 Å². The Balaban J connectivity index is 2.14. The molecule has 2 heterocycles. The minimum Gasteiger partial charge on any atom is -0.463 e. The molecule has 1 unspecified atom stereocenters. The summed E-state index contributed by atoms with van der Waals surface area (Å²) in [4.78, 5) is 26.9. The van der Waals surface area contributed by atoms with Crippen LogP contribution in [0, 0.1) is 6.92 Å². The highest BCUT2D eigenvalue weighted by atomic mass is 16.6. The van der Waals surface area contributed by atoms with Gasteiger partial charge in [0.05, 0.1) is 29.7 Å². The van der Waals surface area contributed by atoms with Gasteiger partial charge in [-0.15, -0.1) is 0 Å². The maximum absolute atomic E-state index is 11.8. The van der Waals surface area contributed by atoms with Gasteiger partial charge in [0.15, 0.2) is 0 Å². The van der Waals surface area contributed by atoms with Gasteiger partial charge in [0, 0.05) is 6.42 Å². The zero-order valence-corrected chi connectivity index (χ0v) is 9.30. The highest BCUT2D eigenvalue weighted by Crippen LogP contribution is 2.16. The van der Waals surface area contributed by atoms with Crippen molar-refractivity contribution in [2.45, 2.75) is 19.4 Å². The van der Waals surface area contributed by atoms with Gasteiger partial charge in [-0.05, 0) is 13.0 Å². The van der Waals surface area contributed by atoms with E-state index in [0.29, 0.717) is 17.8 Å². The first-order valence-electron chi connectivity index (χ1n) is 5.17. The molecule has 2 N–H and O–H groups in total. The molecule has 6 heteroatoms. The van der Waals surface area contributed by atoms with Crippen LogP contribution in [0.1, 0.15) is 22.5 Å². The predicted octanol–water partition coefficient (Wildman–Crippen LogP) is 0.445. The zero-order chi connectivity index (χ0) is 12.4. The van der Waals surface area contributed by atoms with Gasteiger partial charge in [-0.1, -0.05) is 0 Å². The van der Waals surface area contributed by atoms with E-state index in [4.69, 9.17) is 15.2 Å². The number of pyridine rings is 1. The van der Waals surface area contributed by atoms with Crippen molar-refractivity contribution in [1.82, 2.24) is 4.98 Å². The predicted molar refractivity (Wildman–Crippen MR) is 58.2 cm³/mol. The number of aryl methyl sites for hydroxylation is 1. The van der Waals surface area contributed by atoms with E-state index in [2.05, 4.69) is 4.98 Å². The van der Waals surface area contributed by atoms with Crippen LogP contribution in [0.3, 0.4) is 0 Å². The number of carbonyl (C=O) groups is 2. The van der Waals surface area contributed by atoms with E-state index >= 15 is 0 Å². The van der Waals surface area contributed by atoms with Crippen molar-refractivity contribution >= 4 is 17.6 Å². The molecule has 0 aliphatic carbocycles. The molecule has 0 bridgehead atoms. The molecule has 1 aromatic heterocycles. The molecule has 90 valence electrons. The van der Waals surface area contributed by atoms with E-state index in [1.807, 2.05) is 0 Å². The molecule has 1 aliphatic rings. The number of esters is 2. The number of nitrogens with two attached hydrogens (primary N) is 1. The molecule has 1 fully saturated rings. The standard InChI is InChI=1S/C11H12N2O4/c1-6-8(4-7(12)5-13-6)10(14)17-9-2-3-16-11(9)15/h4-5,9H,2-3,12H2,1H3. The molecule has 1 saturated heterocycles. The molecular weight excluding hydrogens is 224 g/mol. The first kappa shape index (κ1) is 11.4.